The molecular weight excluding hydrogens is 262 g/mol. The van der Waals surface area contributed by atoms with Crippen LogP contribution in [-0.4, -0.2) is 54.4 Å². The molecule has 21 heavy (non-hydrogen) atoms. The minimum atomic E-state index is 0.279. The predicted octanol–water partition coefficient (Wildman–Crippen LogP) is 2.47. The third-order valence-corrected chi connectivity index (χ3v) is 4.21. The number of carbonyl (C=O) groups is 1. The Balaban J connectivity index is 1.94. The first-order chi connectivity index (χ1) is 9.97. The van der Waals surface area contributed by atoms with Gasteiger partial charge in [-0.3, -0.25) is 9.78 Å². The quantitative estimate of drug-likeness (QED) is 0.835. The Hall–Kier alpha value is -1.42. The second kappa shape index (κ2) is 7.03. The van der Waals surface area contributed by atoms with Gasteiger partial charge in [-0.2, -0.15) is 0 Å². The molecule has 1 aliphatic heterocycles. The molecule has 1 unspecified atom stereocenters. The molecular formula is C17H27N3O. The number of pyridine rings is 1. The smallest absolute Gasteiger partial charge is 0.223 e. The number of amides is 1. The molecule has 1 aliphatic rings. The second-order valence-electron chi connectivity index (χ2n) is 6.54. The molecule has 116 valence electrons. The van der Waals surface area contributed by atoms with Gasteiger partial charge < -0.3 is 9.80 Å². The largest absolute Gasteiger partial charge is 0.341 e. The molecule has 4 nitrogen and oxygen atoms in total. The monoisotopic (exact) mass is 289 g/mol. The fourth-order valence-corrected chi connectivity index (χ4v) is 2.72. The van der Waals surface area contributed by atoms with Crippen LogP contribution in [0.1, 0.15) is 49.8 Å². The Kier molecular flexibility index (Phi) is 5.34. The Bertz CT molecular complexity index is 467. The van der Waals surface area contributed by atoms with Crippen LogP contribution in [0.5, 0.6) is 0 Å². The van der Waals surface area contributed by atoms with Gasteiger partial charge in [0.2, 0.25) is 5.91 Å². The maximum absolute atomic E-state index is 12.3. The SMILES string of the molecule is CC(C)c1ccc(C2CCN(CCN(C)C)C(=O)C2)cn1. The molecule has 1 aromatic heterocycles. The molecule has 0 spiro atoms. The fourth-order valence-electron chi connectivity index (χ4n) is 2.72. The van der Waals surface area contributed by atoms with Gasteiger partial charge in [0.25, 0.3) is 0 Å². The lowest BCUT2D eigenvalue weighted by Crippen LogP contribution is -2.41. The van der Waals surface area contributed by atoms with Crippen molar-refractivity contribution in [3.63, 3.8) is 0 Å². The van der Waals surface area contributed by atoms with Gasteiger partial charge >= 0.3 is 0 Å². The van der Waals surface area contributed by atoms with Crippen LogP contribution in [0.3, 0.4) is 0 Å². The average molecular weight is 289 g/mol. The van der Waals surface area contributed by atoms with E-state index in [1.165, 1.54) is 5.56 Å². The zero-order valence-corrected chi connectivity index (χ0v) is 13.7. The van der Waals surface area contributed by atoms with Crippen molar-refractivity contribution >= 4 is 5.91 Å². The van der Waals surface area contributed by atoms with E-state index in [1.807, 2.05) is 25.2 Å². The third kappa shape index (κ3) is 4.27. The van der Waals surface area contributed by atoms with Crippen molar-refractivity contribution in [2.24, 2.45) is 0 Å². The van der Waals surface area contributed by atoms with Gasteiger partial charge in [-0.15, -0.1) is 0 Å². The van der Waals surface area contributed by atoms with E-state index in [4.69, 9.17) is 0 Å². The van der Waals surface area contributed by atoms with Gasteiger partial charge in [-0.1, -0.05) is 19.9 Å². The highest BCUT2D eigenvalue weighted by Crippen LogP contribution is 2.28. The number of nitrogens with zero attached hydrogens (tertiary/aromatic N) is 3. The number of hydrogen-bond donors (Lipinski definition) is 0. The van der Waals surface area contributed by atoms with Crippen LogP contribution >= 0.6 is 0 Å². The molecule has 1 fully saturated rings. The Morgan fingerprint density at radius 1 is 1.38 bits per heavy atom. The molecule has 1 atom stereocenters. The molecule has 1 amide bonds. The number of likely N-dealkylation sites (tertiary alicyclic amines) is 1. The molecule has 2 heterocycles. The molecule has 0 bridgehead atoms. The summed E-state index contributed by atoms with van der Waals surface area (Å²) in [5.74, 6) is 1.07. The van der Waals surface area contributed by atoms with Crippen molar-refractivity contribution < 1.29 is 4.79 Å². The first-order valence-electron chi connectivity index (χ1n) is 7.85. The summed E-state index contributed by atoms with van der Waals surface area (Å²) in [4.78, 5) is 20.9. The summed E-state index contributed by atoms with van der Waals surface area (Å²) in [6.07, 6.45) is 3.63. The van der Waals surface area contributed by atoms with Crippen LogP contribution in [0.25, 0.3) is 0 Å². The minimum Gasteiger partial charge on any atom is -0.341 e. The van der Waals surface area contributed by atoms with Crippen LogP contribution in [0.4, 0.5) is 0 Å². The number of carbonyl (C=O) groups excluding carboxylic acids is 1. The summed E-state index contributed by atoms with van der Waals surface area (Å²) in [7, 11) is 4.08. The van der Waals surface area contributed by atoms with Crippen LogP contribution < -0.4 is 0 Å². The van der Waals surface area contributed by atoms with Gasteiger partial charge in [-0.05, 0) is 44.0 Å². The molecule has 0 aromatic carbocycles. The van der Waals surface area contributed by atoms with Gasteiger partial charge in [-0.25, -0.2) is 0 Å². The lowest BCUT2D eigenvalue weighted by molar-refractivity contribution is -0.134. The summed E-state index contributed by atoms with van der Waals surface area (Å²) in [5, 5.41) is 0. The van der Waals surface area contributed by atoms with E-state index < -0.39 is 0 Å². The van der Waals surface area contributed by atoms with Gasteiger partial charge in [0.1, 0.15) is 0 Å². The summed E-state index contributed by atoms with van der Waals surface area (Å²) in [6.45, 7) is 6.93. The van der Waals surface area contributed by atoms with Gasteiger partial charge in [0.05, 0.1) is 0 Å². The van der Waals surface area contributed by atoms with Gasteiger partial charge in [0, 0.05) is 37.9 Å². The number of hydrogen-bond acceptors (Lipinski definition) is 3. The summed E-state index contributed by atoms with van der Waals surface area (Å²) in [6, 6.07) is 4.25. The van der Waals surface area contributed by atoms with Crippen molar-refractivity contribution in [1.29, 1.82) is 0 Å². The molecule has 4 heteroatoms. The minimum absolute atomic E-state index is 0.279. The zero-order chi connectivity index (χ0) is 15.4. The molecule has 0 aliphatic carbocycles. The third-order valence-electron chi connectivity index (χ3n) is 4.21. The summed E-state index contributed by atoms with van der Waals surface area (Å²) in [5.41, 5.74) is 2.33. The number of aromatic nitrogens is 1. The Morgan fingerprint density at radius 2 is 2.14 bits per heavy atom. The molecule has 0 radical (unpaired) electrons. The van der Waals surface area contributed by atoms with E-state index in [1.54, 1.807) is 0 Å². The van der Waals surface area contributed by atoms with E-state index in [-0.39, 0.29) is 5.91 Å². The predicted molar refractivity (Wildman–Crippen MR) is 85.4 cm³/mol. The standard InChI is InChI=1S/C17H27N3O/c1-13(2)16-6-5-15(12-18-16)14-7-8-20(17(21)11-14)10-9-19(3)4/h5-6,12-14H,7-11H2,1-4H3. The Labute approximate surface area is 128 Å². The number of rotatable bonds is 5. The van der Waals surface area contributed by atoms with Crippen molar-refractivity contribution in [1.82, 2.24) is 14.8 Å². The van der Waals surface area contributed by atoms with Crippen molar-refractivity contribution in [3.8, 4) is 0 Å². The highest BCUT2D eigenvalue weighted by Gasteiger charge is 2.26. The van der Waals surface area contributed by atoms with E-state index in [2.05, 4.69) is 35.9 Å². The number of piperidine rings is 1. The maximum atomic E-state index is 12.3. The van der Waals surface area contributed by atoms with Crippen molar-refractivity contribution in [3.05, 3.63) is 29.6 Å². The Morgan fingerprint density at radius 3 is 2.67 bits per heavy atom. The van der Waals surface area contributed by atoms with Crippen LogP contribution in [0.15, 0.2) is 18.3 Å². The van der Waals surface area contributed by atoms with E-state index in [9.17, 15) is 4.79 Å². The first kappa shape index (κ1) is 16.0. The van der Waals surface area contributed by atoms with E-state index in [0.717, 1.165) is 31.7 Å². The first-order valence-corrected chi connectivity index (χ1v) is 7.85. The maximum Gasteiger partial charge on any atom is 0.223 e. The number of likely N-dealkylation sites (N-methyl/N-ethyl adjacent to an activating group) is 1. The molecule has 1 saturated heterocycles. The lowest BCUT2D eigenvalue weighted by Gasteiger charge is -2.32. The van der Waals surface area contributed by atoms with Crippen LogP contribution in [0, 0.1) is 0 Å². The van der Waals surface area contributed by atoms with E-state index >= 15 is 0 Å². The molecule has 2 rings (SSSR count). The normalized spacial score (nSPS) is 19.6. The van der Waals surface area contributed by atoms with Gasteiger partial charge in [0.15, 0.2) is 0 Å². The molecule has 1 aromatic rings. The topological polar surface area (TPSA) is 36.4 Å². The van der Waals surface area contributed by atoms with Crippen LogP contribution in [0.2, 0.25) is 0 Å². The fraction of sp³-hybridized carbons (Fsp3) is 0.647. The molecule has 0 saturated carbocycles. The zero-order valence-electron chi connectivity index (χ0n) is 13.7. The highest BCUT2D eigenvalue weighted by molar-refractivity contribution is 5.78. The lowest BCUT2D eigenvalue weighted by atomic mass is 9.89. The average Bonchev–Trinajstić information content (AvgIpc) is 2.46. The second-order valence-corrected chi connectivity index (χ2v) is 6.54. The summed E-state index contributed by atoms with van der Waals surface area (Å²) >= 11 is 0. The highest BCUT2D eigenvalue weighted by atomic mass is 16.2. The summed E-state index contributed by atoms with van der Waals surface area (Å²) < 4.78 is 0. The van der Waals surface area contributed by atoms with Crippen LogP contribution in [-0.2, 0) is 4.79 Å². The van der Waals surface area contributed by atoms with Crippen molar-refractivity contribution in [2.75, 3.05) is 33.7 Å². The van der Waals surface area contributed by atoms with E-state index in [0.29, 0.717) is 18.3 Å². The van der Waals surface area contributed by atoms with Crippen molar-refractivity contribution in [2.45, 2.75) is 38.5 Å². The molecule has 0 N–H and O–H groups in total.